The summed E-state index contributed by atoms with van der Waals surface area (Å²) in [6.07, 6.45) is -5.53. The van der Waals surface area contributed by atoms with Crippen molar-refractivity contribution in [3.8, 4) is 0 Å². The van der Waals surface area contributed by atoms with Crippen LogP contribution in [-0.4, -0.2) is 58.8 Å². The molecule has 146 valence electrons. The molecule has 0 aliphatic carbocycles. The second-order valence-corrected chi connectivity index (χ2v) is 4.03. The van der Waals surface area contributed by atoms with E-state index < -0.39 is 48.6 Å². The third kappa shape index (κ3) is 4.16. The maximum Gasteiger partial charge on any atom is 0.384 e. The zero-order valence-electron chi connectivity index (χ0n) is 11.1. The van der Waals surface area contributed by atoms with Gasteiger partial charge in [-0.25, -0.2) is 8.78 Å². The summed E-state index contributed by atoms with van der Waals surface area (Å²) in [4.78, 5) is 9.00. The molecule has 0 aromatic rings. The fraction of sp³-hybridized carbons (Fsp3) is 0.889. The fourth-order valence-electron chi connectivity index (χ4n) is 0.872. The van der Waals surface area contributed by atoms with Gasteiger partial charge in [-0.2, -0.15) is 43.9 Å². The summed E-state index contributed by atoms with van der Waals surface area (Å²) < 4.78 is 148. The maximum absolute atomic E-state index is 12.6. The summed E-state index contributed by atoms with van der Waals surface area (Å²) in [5, 5.41) is 15.1. The highest BCUT2D eigenvalue weighted by Crippen LogP contribution is 2.57. The molecule has 0 aromatic heterocycles. The van der Waals surface area contributed by atoms with Gasteiger partial charge in [-0.15, -0.1) is 0 Å². The average Bonchev–Trinajstić information content (AvgIpc) is 2.36. The van der Waals surface area contributed by atoms with Crippen LogP contribution in [0.25, 0.3) is 0 Å². The quantitative estimate of drug-likeness (QED) is 0.681. The number of hydrogen-bond donors (Lipinski definition) is 2. The minimum Gasteiger partial charge on any atom is -0.481 e. The molecule has 0 heterocycles. The first-order chi connectivity index (χ1) is 10.2. The molecule has 15 heteroatoms. The number of aliphatic hydroxyl groups excluding tert-OH is 1. The van der Waals surface area contributed by atoms with Crippen molar-refractivity contribution in [2.24, 2.45) is 0 Å². The van der Waals surface area contributed by atoms with Gasteiger partial charge in [-0.1, -0.05) is 0 Å². The van der Waals surface area contributed by atoms with E-state index in [0.717, 1.165) is 6.92 Å². The summed E-state index contributed by atoms with van der Waals surface area (Å²) in [5.74, 6) is -36.4. The van der Waals surface area contributed by atoms with Crippen molar-refractivity contribution < 1.29 is 67.7 Å². The lowest BCUT2D eigenvalue weighted by Crippen LogP contribution is -2.69. The number of aliphatic carboxylic acids is 1. The lowest BCUT2D eigenvalue weighted by atomic mass is 9.95. The van der Waals surface area contributed by atoms with Crippen LogP contribution in [0.1, 0.15) is 6.92 Å². The number of carboxylic acid groups (broad SMARTS) is 1. The SMILES string of the molecule is CC(=O)O.OCC(F)(F)C(F)(F)C(F)(F)C(F)(F)C(F)(F)C(F)F. The number of aliphatic hydroxyl groups is 1. The molecule has 0 radical (unpaired) electrons. The van der Waals surface area contributed by atoms with Crippen LogP contribution in [0, 0.1) is 0 Å². The Labute approximate surface area is 124 Å². The molecule has 0 rings (SSSR count). The topological polar surface area (TPSA) is 57.5 Å². The Bertz CT molecular complexity index is 429. The summed E-state index contributed by atoms with van der Waals surface area (Å²) in [5.41, 5.74) is 0. The van der Waals surface area contributed by atoms with Crippen molar-refractivity contribution in [1.29, 1.82) is 0 Å². The maximum atomic E-state index is 12.6. The molecule has 0 aromatic carbocycles. The number of carboxylic acids is 1. The molecule has 0 atom stereocenters. The van der Waals surface area contributed by atoms with Crippen LogP contribution in [-0.2, 0) is 4.79 Å². The molecule has 0 spiro atoms. The number of halogens is 12. The Morgan fingerprint density at radius 1 is 0.833 bits per heavy atom. The van der Waals surface area contributed by atoms with Crippen LogP contribution in [0.2, 0.25) is 0 Å². The summed E-state index contributed by atoms with van der Waals surface area (Å²) in [7, 11) is 0. The Kier molecular flexibility index (Phi) is 7.48. The fourth-order valence-corrected chi connectivity index (χ4v) is 0.872. The van der Waals surface area contributed by atoms with E-state index in [2.05, 4.69) is 0 Å². The van der Waals surface area contributed by atoms with E-state index in [0.29, 0.717) is 0 Å². The van der Waals surface area contributed by atoms with Crippen LogP contribution in [0.5, 0.6) is 0 Å². The van der Waals surface area contributed by atoms with Gasteiger partial charge in [0.05, 0.1) is 0 Å². The third-order valence-corrected chi connectivity index (χ3v) is 2.14. The monoisotopic (exact) mass is 392 g/mol. The molecular weight excluding hydrogens is 384 g/mol. The minimum absolute atomic E-state index is 0.833. The molecule has 0 aliphatic heterocycles. The van der Waals surface area contributed by atoms with Crippen LogP contribution in [0.4, 0.5) is 52.7 Å². The predicted octanol–water partition coefficient (Wildman–Crippen LogP) is 3.51. The standard InChI is InChI=1S/C7H4F12O.C2H4O2/c8-2(9)4(12,13)6(16,17)7(18,19)5(14,15)3(10,11)1-20;1-2(3)4/h2,20H,1H2;1H3,(H,3,4). The number of carbonyl (C=O) groups is 1. The summed E-state index contributed by atoms with van der Waals surface area (Å²) >= 11 is 0. The van der Waals surface area contributed by atoms with Crippen molar-refractivity contribution in [2.45, 2.75) is 43.0 Å². The summed E-state index contributed by atoms with van der Waals surface area (Å²) in [6, 6.07) is 0. The first kappa shape index (κ1) is 24.8. The molecule has 0 unspecified atom stereocenters. The van der Waals surface area contributed by atoms with Gasteiger partial charge in [-0.05, 0) is 0 Å². The first-order valence-corrected chi connectivity index (χ1v) is 5.21. The highest BCUT2D eigenvalue weighted by molar-refractivity contribution is 5.62. The van der Waals surface area contributed by atoms with E-state index in [9.17, 15) is 52.7 Å². The molecule has 0 bridgehead atoms. The molecule has 0 fully saturated rings. The van der Waals surface area contributed by atoms with Gasteiger partial charge in [-0.3, -0.25) is 4.79 Å². The molecule has 0 aliphatic rings. The molecule has 24 heavy (non-hydrogen) atoms. The Morgan fingerprint density at radius 2 is 1.12 bits per heavy atom. The zero-order chi connectivity index (χ0) is 20.4. The average molecular weight is 392 g/mol. The highest BCUT2D eigenvalue weighted by atomic mass is 19.4. The van der Waals surface area contributed by atoms with Crippen molar-refractivity contribution in [1.82, 2.24) is 0 Å². The highest BCUT2D eigenvalue weighted by Gasteiger charge is 2.87. The van der Waals surface area contributed by atoms with Gasteiger partial charge < -0.3 is 10.2 Å². The smallest absolute Gasteiger partial charge is 0.384 e. The Hall–Kier alpha value is -1.41. The lowest BCUT2D eigenvalue weighted by Gasteiger charge is -2.38. The van der Waals surface area contributed by atoms with Crippen molar-refractivity contribution in [3.05, 3.63) is 0 Å². The molecule has 3 nitrogen and oxygen atoms in total. The van der Waals surface area contributed by atoms with E-state index in [1.165, 1.54) is 0 Å². The van der Waals surface area contributed by atoms with Crippen molar-refractivity contribution in [3.63, 3.8) is 0 Å². The molecule has 0 amide bonds. The van der Waals surface area contributed by atoms with E-state index >= 15 is 0 Å². The molecular formula is C9H8F12O3. The van der Waals surface area contributed by atoms with Crippen LogP contribution < -0.4 is 0 Å². The van der Waals surface area contributed by atoms with Gasteiger partial charge in [0.1, 0.15) is 6.61 Å². The number of rotatable bonds is 6. The van der Waals surface area contributed by atoms with Gasteiger partial charge in [0.2, 0.25) is 0 Å². The minimum atomic E-state index is -7.56. The van der Waals surface area contributed by atoms with E-state index in [1.807, 2.05) is 0 Å². The van der Waals surface area contributed by atoms with E-state index in [-0.39, 0.29) is 0 Å². The van der Waals surface area contributed by atoms with Crippen LogP contribution >= 0.6 is 0 Å². The van der Waals surface area contributed by atoms with Crippen molar-refractivity contribution in [2.75, 3.05) is 6.61 Å². The zero-order valence-corrected chi connectivity index (χ0v) is 11.1. The third-order valence-electron chi connectivity index (χ3n) is 2.14. The normalized spacial score (nSPS) is 14.3. The van der Waals surface area contributed by atoms with E-state index in [4.69, 9.17) is 15.0 Å². The lowest BCUT2D eigenvalue weighted by molar-refractivity contribution is -0.414. The summed E-state index contributed by atoms with van der Waals surface area (Å²) in [6.45, 7) is -2.02. The number of alkyl halides is 12. The number of hydrogen-bond acceptors (Lipinski definition) is 2. The van der Waals surface area contributed by atoms with E-state index in [1.54, 1.807) is 0 Å². The predicted molar refractivity (Wildman–Crippen MR) is 51.1 cm³/mol. The Balaban J connectivity index is 0. The Morgan fingerprint density at radius 3 is 1.33 bits per heavy atom. The second kappa shape index (κ2) is 7.23. The van der Waals surface area contributed by atoms with Crippen LogP contribution in [0.15, 0.2) is 0 Å². The van der Waals surface area contributed by atoms with Gasteiger partial charge in [0, 0.05) is 6.92 Å². The van der Waals surface area contributed by atoms with Crippen LogP contribution in [0.3, 0.4) is 0 Å². The molecule has 0 saturated carbocycles. The van der Waals surface area contributed by atoms with Crippen molar-refractivity contribution >= 4 is 5.97 Å². The molecule has 2 N–H and O–H groups in total. The van der Waals surface area contributed by atoms with Gasteiger partial charge >= 0.3 is 36.0 Å². The molecule has 0 saturated heterocycles. The van der Waals surface area contributed by atoms with Gasteiger partial charge in [0.15, 0.2) is 0 Å². The first-order valence-electron chi connectivity index (χ1n) is 5.21. The van der Waals surface area contributed by atoms with Gasteiger partial charge in [0.25, 0.3) is 5.97 Å². The largest absolute Gasteiger partial charge is 0.481 e. The second-order valence-electron chi connectivity index (χ2n) is 4.03.